The van der Waals surface area contributed by atoms with Gasteiger partial charge in [0.1, 0.15) is 0 Å². The molecule has 0 saturated heterocycles. The highest BCUT2D eigenvalue weighted by molar-refractivity contribution is 5.76. The van der Waals surface area contributed by atoms with E-state index >= 15 is 0 Å². The summed E-state index contributed by atoms with van der Waals surface area (Å²) in [5, 5.41) is 0. The summed E-state index contributed by atoms with van der Waals surface area (Å²) < 4.78 is 0. The zero-order valence-electron chi connectivity index (χ0n) is 12.8. The minimum atomic E-state index is 0.0658. The van der Waals surface area contributed by atoms with Crippen molar-refractivity contribution in [1.29, 1.82) is 0 Å². The summed E-state index contributed by atoms with van der Waals surface area (Å²) in [5.41, 5.74) is 4.53. The van der Waals surface area contributed by atoms with E-state index in [4.69, 9.17) is 0 Å². The minimum Gasteiger partial charge on any atom is -0.289 e. The van der Waals surface area contributed by atoms with Gasteiger partial charge in [-0.1, -0.05) is 58.9 Å². The minimum absolute atomic E-state index is 0.0658. The second kappa shape index (κ2) is 4.96. The van der Waals surface area contributed by atoms with Gasteiger partial charge < -0.3 is 0 Å². The van der Waals surface area contributed by atoms with Crippen molar-refractivity contribution in [3.8, 4) is 0 Å². The smallest absolute Gasteiger partial charge is 0.0611 e. The third kappa shape index (κ3) is 2.65. The molecule has 1 aromatic carbocycles. The van der Waals surface area contributed by atoms with Crippen LogP contribution in [0, 0.1) is 0 Å². The van der Waals surface area contributed by atoms with Gasteiger partial charge >= 0.3 is 0 Å². The predicted octanol–water partition coefficient (Wildman–Crippen LogP) is 4.66. The summed E-state index contributed by atoms with van der Waals surface area (Å²) in [4.78, 5) is 4.33. The van der Waals surface area contributed by atoms with Crippen molar-refractivity contribution in [3.05, 3.63) is 47.0 Å². The molecule has 0 unspecified atom stereocenters. The molecule has 19 heavy (non-hydrogen) atoms. The normalized spacial score (nSPS) is 15.7. The molecule has 0 aromatic heterocycles. The van der Waals surface area contributed by atoms with Gasteiger partial charge in [-0.15, -0.1) is 0 Å². The van der Waals surface area contributed by atoms with Gasteiger partial charge in [-0.25, -0.2) is 0 Å². The molecule has 1 heterocycles. The molecule has 2 rings (SSSR count). The van der Waals surface area contributed by atoms with E-state index in [1.165, 1.54) is 16.7 Å². The van der Waals surface area contributed by atoms with Crippen LogP contribution in [0.2, 0.25) is 0 Å². The Morgan fingerprint density at radius 3 is 2.37 bits per heavy atom. The molecular formula is C18H25N. The summed E-state index contributed by atoms with van der Waals surface area (Å²) >= 11 is 0. The molecular weight excluding hydrogens is 230 g/mol. The van der Waals surface area contributed by atoms with E-state index < -0.39 is 0 Å². The first kappa shape index (κ1) is 14.0. The van der Waals surface area contributed by atoms with Crippen molar-refractivity contribution >= 4 is 6.21 Å². The van der Waals surface area contributed by atoms with E-state index in [-0.39, 0.29) is 10.8 Å². The zero-order valence-corrected chi connectivity index (χ0v) is 12.8. The predicted molar refractivity (Wildman–Crippen MR) is 84.2 cm³/mol. The Hall–Kier alpha value is -1.37. The molecule has 0 atom stereocenters. The molecule has 0 bridgehead atoms. The second-order valence-electron chi connectivity index (χ2n) is 6.62. The summed E-state index contributed by atoms with van der Waals surface area (Å²) in [7, 11) is 0. The molecule has 0 N–H and O–H groups in total. The maximum atomic E-state index is 4.33. The molecule has 1 aliphatic heterocycles. The lowest BCUT2D eigenvalue weighted by Crippen LogP contribution is -2.23. The maximum absolute atomic E-state index is 4.33. The quantitative estimate of drug-likeness (QED) is 0.742. The number of aliphatic imine (C=N–C) groups is 1. The number of hydrogen-bond donors (Lipinski definition) is 0. The van der Waals surface area contributed by atoms with Crippen LogP contribution in [-0.2, 0) is 10.8 Å². The molecule has 0 aliphatic carbocycles. The number of nitrogens with zero attached hydrogens (tertiary/aromatic N) is 1. The molecule has 0 spiro atoms. The number of hydrogen-bond acceptors (Lipinski definition) is 1. The van der Waals surface area contributed by atoms with E-state index in [9.17, 15) is 0 Å². The Morgan fingerprint density at radius 2 is 1.79 bits per heavy atom. The van der Waals surface area contributed by atoms with Crippen molar-refractivity contribution in [2.75, 3.05) is 6.54 Å². The lowest BCUT2D eigenvalue weighted by molar-refractivity contribution is 0.503. The van der Waals surface area contributed by atoms with Crippen molar-refractivity contribution in [2.24, 2.45) is 4.99 Å². The molecule has 1 nitrogen and oxygen atoms in total. The topological polar surface area (TPSA) is 12.4 Å². The van der Waals surface area contributed by atoms with E-state index in [2.05, 4.69) is 70.0 Å². The molecule has 0 radical (unpaired) electrons. The molecule has 1 aliphatic rings. The third-order valence-electron chi connectivity index (χ3n) is 4.70. The largest absolute Gasteiger partial charge is 0.289 e. The van der Waals surface area contributed by atoms with E-state index in [1.54, 1.807) is 0 Å². The number of rotatable bonds is 4. The van der Waals surface area contributed by atoms with Gasteiger partial charge in [0, 0.05) is 11.6 Å². The van der Waals surface area contributed by atoms with Gasteiger partial charge in [0.05, 0.1) is 6.54 Å². The van der Waals surface area contributed by atoms with Crippen LogP contribution in [0.15, 0.2) is 40.9 Å². The lowest BCUT2D eigenvalue weighted by Gasteiger charge is -2.30. The fourth-order valence-electron chi connectivity index (χ4n) is 2.47. The zero-order chi connectivity index (χ0) is 14.1. The van der Waals surface area contributed by atoms with Crippen LogP contribution in [-0.4, -0.2) is 12.8 Å². The molecule has 1 heteroatoms. The summed E-state index contributed by atoms with van der Waals surface area (Å²) in [6.45, 7) is 12.3. The van der Waals surface area contributed by atoms with Crippen molar-refractivity contribution in [3.63, 3.8) is 0 Å². The Balaban J connectivity index is 2.38. The summed E-state index contributed by atoms with van der Waals surface area (Å²) in [6, 6.07) is 9.07. The van der Waals surface area contributed by atoms with E-state index in [0.717, 1.165) is 13.0 Å². The van der Waals surface area contributed by atoms with Crippen LogP contribution in [0.3, 0.4) is 0 Å². The number of benzene rings is 1. The van der Waals surface area contributed by atoms with Gasteiger partial charge in [0.15, 0.2) is 0 Å². The van der Waals surface area contributed by atoms with Gasteiger partial charge in [-0.3, -0.25) is 4.99 Å². The Labute approximate surface area is 117 Å². The van der Waals surface area contributed by atoms with Gasteiger partial charge in [0.25, 0.3) is 0 Å². The van der Waals surface area contributed by atoms with Gasteiger partial charge in [-0.2, -0.15) is 0 Å². The monoisotopic (exact) mass is 255 g/mol. The van der Waals surface area contributed by atoms with Crippen LogP contribution < -0.4 is 0 Å². The highest BCUT2D eigenvalue weighted by atomic mass is 14.7. The van der Waals surface area contributed by atoms with Crippen LogP contribution >= 0.6 is 0 Å². The fourth-order valence-corrected chi connectivity index (χ4v) is 2.47. The average Bonchev–Trinajstić information content (AvgIpc) is 2.93. The van der Waals surface area contributed by atoms with Crippen LogP contribution in [0.5, 0.6) is 0 Å². The maximum Gasteiger partial charge on any atom is 0.0611 e. The second-order valence-corrected chi connectivity index (χ2v) is 6.62. The van der Waals surface area contributed by atoms with E-state index in [0.29, 0.717) is 0 Å². The van der Waals surface area contributed by atoms with Crippen molar-refractivity contribution in [1.82, 2.24) is 0 Å². The highest BCUT2D eigenvalue weighted by Crippen LogP contribution is 2.35. The molecule has 0 fully saturated rings. The van der Waals surface area contributed by atoms with Crippen LogP contribution in [0.1, 0.15) is 52.2 Å². The Kier molecular flexibility index (Phi) is 3.66. The molecule has 0 saturated carbocycles. The number of allylic oxidation sites excluding steroid dienone is 1. The van der Waals surface area contributed by atoms with Crippen molar-refractivity contribution in [2.45, 2.75) is 51.9 Å². The van der Waals surface area contributed by atoms with Crippen LogP contribution in [0.4, 0.5) is 0 Å². The van der Waals surface area contributed by atoms with Crippen molar-refractivity contribution < 1.29 is 0 Å². The fraction of sp³-hybridized carbons (Fsp3) is 0.500. The highest BCUT2D eigenvalue weighted by Gasteiger charge is 2.28. The average molecular weight is 255 g/mol. The molecule has 102 valence electrons. The third-order valence-corrected chi connectivity index (χ3v) is 4.70. The van der Waals surface area contributed by atoms with E-state index in [1.807, 2.05) is 6.21 Å². The lowest BCUT2D eigenvalue weighted by atomic mass is 9.74. The first-order valence-corrected chi connectivity index (χ1v) is 7.18. The summed E-state index contributed by atoms with van der Waals surface area (Å²) in [5.74, 6) is 0. The van der Waals surface area contributed by atoms with Gasteiger partial charge in [0.2, 0.25) is 0 Å². The molecule has 0 amide bonds. The molecule has 1 aromatic rings. The first-order valence-electron chi connectivity index (χ1n) is 7.18. The van der Waals surface area contributed by atoms with Gasteiger partial charge in [-0.05, 0) is 34.6 Å². The summed E-state index contributed by atoms with van der Waals surface area (Å²) in [6.07, 6.45) is 5.25. The Bertz CT molecular complexity index is 518. The van der Waals surface area contributed by atoms with Crippen LogP contribution in [0.25, 0.3) is 0 Å². The SMILES string of the molecule is CCC(C)(C)c1cccc(C(C)(C)C2=CC=NC2)c1. The first-order chi connectivity index (χ1) is 8.88. The Morgan fingerprint density at radius 1 is 1.11 bits per heavy atom. The standard InChI is InChI=1S/C18H25N/c1-6-17(2,3)14-8-7-9-15(12-14)18(4,5)16-10-11-19-13-16/h7-12H,6,13H2,1-5H3.